The third-order valence-corrected chi connectivity index (χ3v) is 3.10. The molecule has 0 fully saturated rings. The molecule has 0 radical (unpaired) electrons. The SMILES string of the molecule is CNC(c1ccc2c(c1)OCCCO2)c1ncn[nH]1. The first-order valence-corrected chi connectivity index (χ1v) is 6.30. The van der Waals surface area contributed by atoms with Crippen molar-refractivity contribution in [3.05, 3.63) is 35.9 Å². The van der Waals surface area contributed by atoms with Crippen LogP contribution in [0.25, 0.3) is 0 Å². The highest BCUT2D eigenvalue weighted by Crippen LogP contribution is 2.33. The minimum atomic E-state index is -0.0420. The maximum atomic E-state index is 5.70. The Balaban J connectivity index is 1.94. The summed E-state index contributed by atoms with van der Waals surface area (Å²) in [4.78, 5) is 4.19. The Bertz CT molecular complexity index is 542. The van der Waals surface area contributed by atoms with Gasteiger partial charge in [0.2, 0.25) is 0 Å². The van der Waals surface area contributed by atoms with Gasteiger partial charge in [0.25, 0.3) is 0 Å². The Kier molecular flexibility index (Phi) is 3.33. The van der Waals surface area contributed by atoms with Crippen molar-refractivity contribution >= 4 is 0 Å². The maximum Gasteiger partial charge on any atom is 0.161 e. The zero-order valence-electron chi connectivity index (χ0n) is 10.7. The van der Waals surface area contributed by atoms with Crippen LogP contribution in [0.2, 0.25) is 0 Å². The summed E-state index contributed by atoms with van der Waals surface area (Å²) in [6.07, 6.45) is 2.41. The van der Waals surface area contributed by atoms with Gasteiger partial charge in [-0.25, -0.2) is 4.98 Å². The fourth-order valence-electron chi connectivity index (χ4n) is 2.17. The number of hydrogen-bond acceptors (Lipinski definition) is 5. The van der Waals surface area contributed by atoms with Crippen LogP contribution in [0.4, 0.5) is 0 Å². The second-order valence-electron chi connectivity index (χ2n) is 4.35. The summed E-state index contributed by atoms with van der Waals surface area (Å²) >= 11 is 0. The quantitative estimate of drug-likeness (QED) is 0.869. The van der Waals surface area contributed by atoms with Crippen LogP contribution < -0.4 is 14.8 Å². The number of fused-ring (bicyclic) bond motifs is 1. The van der Waals surface area contributed by atoms with Gasteiger partial charge in [0.05, 0.1) is 19.3 Å². The van der Waals surface area contributed by atoms with Crippen LogP contribution in [0.5, 0.6) is 11.5 Å². The number of ether oxygens (including phenoxy) is 2. The highest BCUT2D eigenvalue weighted by molar-refractivity contribution is 5.45. The predicted octanol–water partition coefficient (Wildman–Crippen LogP) is 1.27. The van der Waals surface area contributed by atoms with E-state index in [1.54, 1.807) is 0 Å². The summed E-state index contributed by atoms with van der Waals surface area (Å²) in [5.41, 5.74) is 1.06. The molecule has 6 nitrogen and oxygen atoms in total. The molecule has 0 spiro atoms. The minimum absolute atomic E-state index is 0.0420. The topological polar surface area (TPSA) is 72.1 Å². The van der Waals surface area contributed by atoms with Crippen LogP contribution in [-0.4, -0.2) is 35.4 Å². The average molecular weight is 260 g/mol. The van der Waals surface area contributed by atoms with E-state index in [-0.39, 0.29) is 6.04 Å². The van der Waals surface area contributed by atoms with Gasteiger partial charge in [-0.15, -0.1) is 0 Å². The van der Waals surface area contributed by atoms with Gasteiger partial charge in [-0.05, 0) is 24.7 Å². The van der Waals surface area contributed by atoms with Crippen LogP contribution in [0, 0.1) is 0 Å². The Morgan fingerprint density at radius 3 is 2.84 bits per heavy atom. The lowest BCUT2D eigenvalue weighted by Gasteiger charge is -2.16. The highest BCUT2D eigenvalue weighted by atomic mass is 16.5. The summed E-state index contributed by atoms with van der Waals surface area (Å²) in [7, 11) is 1.89. The Morgan fingerprint density at radius 2 is 2.11 bits per heavy atom. The largest absolute Gasteiger partial charge is 0.490 e. The summed E-state index contributed by atoms with van der Waals surface area (Å²) in [5, 5.41) is 9.98. The second kappa shape index (κ2) is 5.27. The summed E-state index contributed by atoms with van der Waals surface area (Å²) in [6.45, 7) is 1.38. The molecule has 2 heterocycles. The van der Waals surface area contributed by atoms with E-state index in [0.29, 0.717) is 13.2 Å². The lowest BCUT2D eigenvalue weighted by atomic mass is 10.1. The number of H-pyrrole nitrogens is 1. The van der Waals surface area contributed by atoms with Crippen LogP contribution in [-0.2, 0) is 0 Å². The number of benzene rings is 1. The van der Waals surface area contributed by atoms with E-state index in [9.17, 15) is 0 Å². The summed E-state index contributed by atoms with van der Waals surface area (Å²) in [6, 6.07) is 5.90. The van der Waals surface area contributed by atoms with E-state index in [2.05, 4.69) is 20.5 Å². The van der Waals surface area contributed by atoms with Crippen LogP contribution in [0.15, 0.2) is 24.5 Å². The van der Waals surface area contributed by atoms with Crippen molar-refractivity contribution < 1.29 is 9.47 Å². The zero-order valence-corrected chi connectivity index (χ0v) is 10.7. The molecule has 0 saturated heterocycles. The van der Waals surface area contributed by atoms with Gasteiger partial charge in [-0.2, -0.15) is 5.10 Å². The lowest BCUT2D eigenvalue weighted by molar-refractivity contribution is 0.297. The first kappa shape index (κ1) is 12.0. The standard InChI is InChI=1S/C13H16N4O2/c1-14-12(13-15-8-16-17-13)9-3-4-10-11(7-9)19-6-2-5-18-10/h3-4,7-8,12,14H,2,5-6H2,1H3,(H,15,16,17). The fourth-order valence-corrected chi connectivity index (χ4v) is 2.17. The summed E-state index contributed by atoms with van der Waals surface area (Å²) < 4.78 is 11.3. The Morgan fingerprint density at radius 1 is 1.26 bits per heavy atom. The van der Waals surface area contributed by atoms with Crippen molar-refractivity contribution in [2.24, 2.45) is 0 Å². The maximum absolute atomic E-state index is 5.70. The Labute approximate surface area is 111 Å². The van der Waals surface area contributed by atoms with Gasteiger partial charge < -0.3 is 14.8 Å². The number of hydrogen-bond donors (Lipinski definition) is 2. The molecule has 0 amide bonds. The van der Waals surface area contributed by atoms with Crippen molar-refractivity contribution in [3.8, 4) is 11.5 Å². The monoisotopic (exact) mass is 260 g/mol. The molecule has 3 rings (SSSR count). The van der Waals surface area contributed by atoms with E-state index in [1.807, 2.05) is 25.2 Å². The van der Waals surface area contributed by atoms with Gasteiger partial charge in [-0.1, -0.05) is 6.07 Å². The molecule has 2 aromatic rings. The van der Waals surface area contributed by atoms with Gasteiger partial charge in [0.15, 0.2) is 11.5 Å². The molecule has 6 heteroatoms. The number of nitrogens with zero attached hydrogens (tertiary/aromatic N) is 2. The molecule has 1 atom stereocenters. The molecule has 0 bridgehead atoms. The number of nitrogens with one attached hydrogen (secondary N) is 2. The first-order valence-electron chi connectivity index (χ1n) is 6.30. The lowest BCUT2D eigenvalue weighted by Crippen LogP contribution is -2.19. The molecule has 1 aromatic carbocycles. The van der Waals surface area contributed by atoms with Crippen molar-refractivity contribution in [2.75, 3.05) is 20.3 Å². The Hall–Kier alpha value is -2.08. The van der Waals surface area contributed by atoms with E-state index >= 15 is 0 Å². The van der Waals surface area contributed by atoms with Gasteiger partial charge >= 0.3 is 0 Å². The zero-order chi connectivity index (χ0) is 13.1. The third-order valence-electron chi connectivity index (χ3n) is 3.10. The first-order chi connectivity index (χ1) is 9.38. The van der Waals surface area contributed by atoms with Gasteiger partial charge in [0, 0.05) is 6.42 Å². The molecular formula is C13H16N4O2. The third kappa shape index (κ3) is 2.39. The fraction of sp³-hybridized carbons (Fsp3) is 0.385. The number of rotatable bonds is 3. The van der Waals surface area contributed by atoms with Crippen molar-refractivity contribution in [3.63, 3.8) is 0 Å². The molecule has 19 heavy (non-hydrogen) atoms. The molecule has 0 saturated carbocycles. The molecule has 100 valence electrons. The molecule has 1 aromatic heterocycles. The van der Waals surface area contributed by atoms with E-state index in [4.69, 9.17) is 9.47 Å². The van der Waals surface area contributed by atoms with Crippen molar-refractivity contribution in [2.45, 2.75) is 12.5 Å². The normalized spacial score (nSPS) is 15.8. The van der Waals surface area contributed by atoms with Crippen molar-refractivity contribution in [1.29, 1.82) is 0 Å². The number of aromatic amines is 1. The number of aromatic nitrogens is 3. The average Bonchev–Trinajstić information content (AvgIpc) is 2.85. The van der Waals surface area contributed by atoms with Gasteiger partial charge in [0.1, 0.15) is 12.2 Å². The minimum Gasteiger partial charge on any atom is -0.490 e. The van der Waals surface area contributed by atoms with Crippen LogP contribution in [0.3, 0.4) is 0 Å². The molecule has 1 unspecified atom stereocenters. The van der Waals surface area contributed by atoms with E-state index in [1.165, 1.54) is 6.33 Å². The highest BCUT2D eigenvalue weighted by Gasteiger charge is 2.18. The van der Waals surface area contributed by atoms with E-state index < -0.39 is 0 Å². The summed E-state index contributed by atoms with van der Waals surface area (Å²) in [5.74, 6) is 2.36. The smallest absolute Gasteiger partial charge is 0.161 e. The molecule has 1 aliphatic rings. The second-order valence-corrected chi connectivity index (χ2v) is 4.35. The van der Waals surface area contributed by atoms with E-state index in [0.717, 1.165) is 29.3 Å². The van der Waals surface area contributed by atoms with Crippen LogP contribution >= 0.6 is 0 Å². The molecule has 0 aliphatic carbocycles. The molecule has 2 N–H and O–H groups in total. The predicted molar refractivity (Wildman–Crippen MR) is 69.3 cm³/mol. The van der Waals surface area contributed by atoms with Gasteiger partial charge in [-0.3, -0.25) is 5.10 Å². The van der Waals surface area contributed by atoms with Crippen molar-refractivity contribution in [1.82, 2.24) is 20.5 Å². The van der Waals surface area contributed by atoms with Crippen LogP contribution in [0.1, 0.15) is 23.9 Å². The molecule has 1 aliphatic heterocycles. The molecular weight excluding hydrogens is 244 g/mol.